The Morgan fingerprint density at radius 1 is 0.559 bits per heavy atom. The van der Waals surface area contributed by atoms with Gasteiger partial charge in [-0.25, -0.2) is 19.5 Å². The molecule has 0 aliphatic heterocycles. The summed E-state index contributed by atoms with van der Waals surface area (Å²) in [5.41, 5.74) is 4.04. The van der Waals surface area contributed by atoms with E-state index >= 15 is 0 Å². The highest BCUT2D eigenvalue weighted by atomic mass is 16.1. The fourth-order valence-electron chi connectivity index (χ4n) is 4.60. The lowest BCUT2D eigenvalue weighted by atomic mass is 10.1. The third kappa shape index (κ3) is 2.62. The summed E-state index contributed by atoms with van der Waals surface area (Å²) in [6.07, 6.45) is 0. The smallest absolute Gasteiger partial charge is 0.268 e. The van der Waals surface area contributed by atoms with Crippen LogP contribution in [0.25, 0.3) is 55.8 Å². The van der Waals surface area contributed by atoms with Crippen molar-refractivity contribution in [1.82, 2.24) is 23.9 Å². The molecule has 0 atom stereocenters. The van der Waals surface area contributed by atoms with Crippen molar-refractivity contribution >= 4 is 38.6 Å². The highest BCUT2D eigenvalue weighted by molar-refractivity contribution is 5.92. The lowest BCUT2D eigenvalue weighted by Gasteiger charge is -2.14. The molecule has 160 valence electrons. The lowest BCUT2D eigenvalue weighted by molar-refractivity contribution is 0.945. The Morgan fingerprint density at radius 2 is 1.21 bits per heavy atom. The van der Waals surface area contributed by atoms with Gasteiger partial charge in [-0.05, 0) is 36.4 Å². The average Bonchev–Trinajstić information content (AvgIpc) is 3.28. The second kappa shape index (κ2) is 7.08. The number of aromatic nitrogens is 5. The third-order valence-electron chi connectivity index (χ3n) is 6.15. The Morgan fingerprint density at radius 3 is 2.03 bits per heavy atom. The van der Waals surface area contributed by atoms with Crippen molar-refractivity contribution < 1.29 is 0 Å². The zero-order valence-corrected chi connectivity index (χ0v) is 18.0. The summed E-state index contributed by atoms with van der Waals surface area (Å²) in [5, 5.41) is 1.38. The van der Waals surface area contributed by atoms with Crippen LogP contribution in [0.2, 0.25) is 0 Å². The molecule has 6 heteroatoms. The van der Waals surface area contributed by atoms with E-state index in [-0.39, 0.29) is 5.56 Å². The summed E-state index contributed by atoms with van der Waals surface area (Å²) in [4.78, 5) is 28.6. The van der Waals surface area contributed by atoms with Gasteiger partial charge in [-0.3, -0.25) is 9.20 Å². The number of hydrogen-bond donors (Lipinski definition) is 0. The first-order chi connectivity index (χ1) is 16.8. The minimum Gasteiger partial charge on any atom is -0.277 e. The van der Waals surface area contributed by atoms with Crippen molar-refractivity contribution in [2.24, 2.45) is 0 Å². The number of benzene rings is 4. The van der Waals surface area contributed by atoms with Crippen molar-refractivity contribution in [1.29, 1.82) is 0 Å². The molecule has 7 rings (SSSR count). The maximum Gasteiger partial charge on any atom is 0.268 e. The van der Waals surface area contributed by atoms with Crippen LogP contribution in [0.5, 0.6) is 0 Å². The van der Waals surface area contributed by atoms with Gasteiger partial charge in [0.2, 0.25) is 5.78 Å². The Kier molecular flexibility index (Phi) is 3.90. The van der Waals surface area contributed by atoms with E-state index in [0.29, 0.717) is 22.8 Å². The number of hydrogen-bond acceptors (Lipinski definition) is 4. The van der Waals surface area contributed by atoms with Crippen LogP contribution in [0, 0.1) is 0 Å². The zero-order chi connectivity index (χ0) is 22.6. The molecule has 0 spiro atoms. The maximum atomic E-state index is 14.0. The molecule has 0 unspecified atom stereocenters. The van der Waals surface area contributed by atoms with E-state index in [2.05, 4.69) is 0 Å². The Balaban J connectivity index is 1.71. The van der Waals surface area contributed by atoms with E-state index in [4.69, 9.17) is 15.0 Å². The van der Waals surface area contributed by atoms with E-state index in [9.17, 15) is 4.79 Å². The van der Waals surface area contributed by atoms with Gasteiger partial charge in [0.05, 0.1) is 27.5 Å². The SMILES string of the molecule is O=c1c2ccccc2n2c3ccccc3nc2n1-c1nc(-c2ccccc2)nc2ccccc12. The summed E-state index contributed by atoms with van der Waals surface area (Å²) < 4.78 is 3.66. The molecule has 0 aliphatic carbocycles. The van der Waals surface area contributed by atoms with E-state index in [1.165, 1.54) is 0 Å². The first-order valence-corrected chi connectivity index (χ1v) is 11.0. The van der Waals surface area contributed by atoms with Gasteiger partial charge in [-0.1, -0.05) is 66.7 Å². The number of para-hydroxylation sites is 4. The molecule has 3 heterocycles. The van der Waals surface area contributed by atoms with Gasteiger partial charge in [0, 0.05) is 10.9 Å². The Hall–Kier alpha value is -4.84. The minimum absolute atomic E-state index is 0.165. The minimum atomic E-state index is -0.165. The molecule has 4 aromatic carbocycles. The molecule has 0 radical (unpaired) electrons. The molecule has 0 saturated carbocycles. The third-order valence-corrected chi connectivity index (χ3v) is 6.15. The standard InChI is InChI=1S/C28H17N5O/c34-27-20-13-5-8-16-23(20)32-24-17-9-7-15-22(24)30-28(32)33(27)26-19-12-4-6-14-21(19)29-25(31-26)18-10-2-1-3-11-18/h1-17H. The zero-order valence-electron chi connectivity index (χ0n) is 18.0. The molecule has 7 aromatic rings. The van der Waals surface area contributed by atoms with E-state index in [1.807, 2.05) is 108 Å². The van der Waals surface area contributed by atoms with Gasteiger partial charge >= 0.3 is 0 Å². The van der Waals surface area contributed by atoms with Gasteiger partial charge in [0.1, 0.15) is 0 Å². The molecule has 34 heavy (non-hydrogen) atoms. The van der Waals surface area contributed by atoms with Crippen molar-refractivity contribution in [3.63, 3.8) is 0 Å². The number of imidazole rings is 1. The van der Waals surface area contributed by atoms with Crippen LogP contribution in [-0.4, -0.2) is 23.9 Å². The van der Waals surface area contributed by atoms with Crippen LogP contribution in [-0.2, 0) is 0 Å². The number of rotatable bonds is 2. The van der Waals surface area contributed by atoms with Crippen molar-refractivity contribution in [2.75, 3.05) is 0 Å². The predicted octanol–water partition coefficient (Wildman–Crippen LogP) is 5.40. The fourth-order valence-corrected chi connectivity index (χ4v) is 4.60. The van der Waals surface area contributed by atoms with Crippen LogP contribution in [0.4, 0.5) is 0 Å². The molecule has 0 saturated heterocycles. The topological polar surface area (TPSA) is 65.1 Å². The number of fused-ring (bicyclic) bond motifs is 6. The Labute approximate surface area is 193 Å². The van der Waals surface area contributed by atoms with Gasteiger partial charge in [-0.15, -0.1) is 0 Å². The Bertz CT molecular complexity index is 1940. The maximum absolute atomic E-state index is 14.0. The molecule has 3 aromatic heterocycles. The van der Waals surface area contributed by atoms with Crippen LogP contribution >= 0.6 is 0 Å². The lowest BCUT2D eigenvalue weighted by Crippen LogP contribution is -2.23. The monoisotopic (exact) mass is 439 g/mol. The van der Waals surface area contributed by atoms with Crippen LogP contribution in [0.15, 0.2) is 108 Å². The summed E-state index contributed by atoms with van der Waals surface area (Å²) in [5.74, 6) is 1.59. The van der Waals surface area contributed by atoms with Crippen molar-refractivity contribution in [3.8, 4) is 17.2 Å². The molecule has 0 amide bonds. The van der Waals surface area contributed by atoms with Crippen LogP contribution in [0.1, 0.15) is 0 Å². The second-order valence-electron chi connectivity index (χ2n) is 8.15. The fraction of sp³-hybridized carbons (Fsp3) is 0. The summed E-state index contributed by atoms with van der Waals surface area (Å²) in [6, 6.07) is 33.1. The predicted molar refractivity (Wildman–Crippen MR) is 134 cm³/mol. The average molecular weight is 439 g/mol. The summed E-state index contributed by atoms with van der Waals surface area (Å²) in [7, 11) is 0. The highest BCUT2D eigenvalue weighted by Gasteiger charge is 2.20. The molecule has 0 aliphatic rings. The quantitative estimate of drug-likeness (QED) is 0.362. The van der Waals surface area contributed by atoms with Gasteiger partial charge in [0.15, 0.2) is 11.6 Å². The molecule has 0 bridgehead atoms. The van der Waals surface area contributed by atoms with Crippen molar-refractivity contribution in [2.45, 2.75) is 0 Å². The summed E-state index contributed by atoms with van der Waals surface area (Å²) >= 11 is 0. The first-order valence-electron chi connectivity index (χ1n) is 11.0. The first kappa shape index (κ1) is 18.7. The van der Waals surface area contributed by atoms with E-state index in [0.717, 1.165) is 33.0 Å². The molecule has 0 N–H and O–H groups in total. The molecule has 6 nitrogen and oxygen atoms in total. The molecular weight excluding hydrogens is 422 g/mol. The van der Waals surface area contributed by atoms with Gasteiger partial charge in [-0.2, -0.15) is 0 Å². The highest BCUT2D eigenvalue weighted by Crippen LogP contribution is 2.27. The molecule has 0 fully saturated rings. The normalized spacial score (nSPS) is 11.6. The van der Waals surface area contributed by atoms with E-state index < -0.39 is 0 Å². The largest absolute Gasteiger partial charge is 0.277 e. The van der Waals surface area contributed by atoms with Gasteiger partial charge in [0.25, 0.3) is 5.56 Å². The number of nitrogens with zero attached hydrogens (tertiary/aromatic N) is 5. The molecular formula is C28H17N5O. The summed E-state index contributed by atoms with van der Waals surface area (Å²) in [6.45, 7) is 0. The van der Waals surface area contributed by atoms with E-state index in [1.54, 1.807) is 4.57 Å². The van der Waals surface area contributed by atoms with Crippen LogP contribution < -0.4 is 5.56 Å². The van der Waals surface area contributed by atoms with Crippen LogP contribution in [0.3, 0.4) is 0 Å². The van der Waals surface area contributed by atoms with Gasteiger partial charge < -0.3 is 0 Å². The second-order valence-corrected chi connectivity index (χ2v) is 8.15. The van der Waals surface area contributed by atoms with Crippen molar-refractivity contribution in [3.05, 3.63) is 113 Å².